The number of hydrogen-bond acceptors (Lipinski definition) is 5. The second-order valence-electron chi connectivity index (χ2n) is 14.1. The molecule has 2 heterocycles. The number of tetrazole rings is 1. The van der Waals surface area contributed by atoms with Crippen LogP contribution in [-0.4, -0.2) is 37.0 Å². The van der Waals surface area contributed by atoms with E-state index in [9.17, 15) is 9.59 Å². The standard InChI is InChI=1S/C46H38N6O2/c53-43-45(31-15-16-32-45)44(54)51(39-23-11-4-12-24-39)50(43)33-34-27-29-35(30-28-34)40-25-13-14-26-41(40)42-47-48-49-52(42)46(36-17-5-1-6-18-36,37-19-7-2-8-20-37)38-21-9-3-10-22-38/h1-14,17-30H,15-16,31-33H2. The minimum Gasteiger partial charge on any atom is -0.272 e. The lowest BCUT2D eigenvalue weighted by atomic mass is 9.77. The maximum absolute atomic E-state index is 14.1. The molecule has 54 heavy (non-hydrogen) atoms. The highest BCUT2D eigenvalue weighted by atomic mass is 16.2. The molecular formula is C46H38N6O2. The number of rotatable bonds is 9. The molecule has 0 bridgehead atoms. The summed E-state index contributed by atoms with van der Waals surface area (Å²) < 4.78 is 1.95. The summed E-state index contributed by atoms with van der Waals surface area (Å²) in [5.41, 5.74) is 5.67. The first kappa shape index (κ1) is 33.2. The topological polar surface area (TPSA) is 84.2 Å². The summed E-state index contributed by atoms with van der Waals surface area (Å²) in [4.78, 5) is 28.0. The molecule has 2 aliphatic rings. The van der Waals surface area contributed by atoms with Crippen molar-refractivity contribution in [2.45, 2.75) is 37.8 Å². The van der Waals surface area contributed by atoms with Gasteiger partial charge in [0.25, 0.3) is 11.8 Å². The number of carbonyl (C=O) groups is 2. The van der Waals surface area contributed by atoms with E-state index < -0.39 is 11.0 Å². The van der Waals surface area contributed by atoms with Crippen LogP contribution in [0.2, 0.25) is 0 Å². The molecule has 1 aliphatic carbocycles. The van der Waals surface area contributed by atoms with Crippen LogP contribution in [0.5, 0.6) is 0 Å². The summed E-state index contributed by atoms with van der Waals surface area (Å²) in [5, 5.41) is 17.0. The molecule has 1 aromatic heterocycles. The van der Waals surface area contributed by atoms with E-state index >= 15 is 0 Å². The number of carbonyl (C=O) groups excluding carboxylic acids is 2. The Morgan fingerprint density at radius 3 is 1.61 bits per heavy atom. The molecule has 0 radical (unpaired) electrons. The predicted molar refractivity (Wildman–Crippen MR) is 209 cm³/mol. The molecule has 2 fully saturated rings. The molecule has 2 amide bonds. The lowest BCUT2D eigenvalue weighted by molar-refractivity contribution is -0.139. The Balaban J connectivity index is 1.12. The Kier molecular flexibility index (Phi) is 8.43. The van der Waals surface area contributed by atoms with E-state index in [2.05, 4.69) is 65.9 Å². The summed E-state index contributed by atoms with van der Waals surface area (Å²) in [6.07, 6.45) is 2.96. The number of amides is 2. The summed E-state index contributed by atoms with van der Waals surface area (Å²) in [6.45, 7) is 0.287. The Hall–Kier alpha value is -6.67. The first-order chi connectivity index (χ1) is 26.6. The van der Waals surface area contributed by atoms with Gasteiger partial charge in [-0.1, -0.05) is 171 Å². The lowest BCUT2D eigenvalue weighted by Crippen LogP contribution is -2.40. The molecule has 8 heteroatoms. The van der Waals surface area contributed by atoms with E-state index in [1.165, 1.54) is 0 Å². The highest BCUT2D eigenvalue weighted by molar-refractivity contribution is 6.18. The van der Waals surface area contributed by atoms with Crippen LogP contribution in [0.1, 0.15) is 47.9 Å². The molecule has 264 valence electrons. The van der Waals surface area contributed by atoms with Gasteiger partial charge in [0.05, 0.1) is 12.2 Å². The minimum absolute atomic E-state index is 0.103. The van der Waals surface area contributed by atoms with Gasteiger partial charge in [0, 0.05) is 5.56 Å². The Bertz CT molecular complexity index is 2310. The summed E-state index contributed by atoms with van der Waals surface area (Å²) in [5.74, 6) is 0.402. The average molecular weight is 707 g/mol. The van der Waals surface area contributed by atoms with Gasteiger partial charge >= 0.3 is 0 Å². The van der Waals surface area contributed by atoms with Crippen molar-refractivity contribution in [3.05, 3.63) is 192 Å². The number of hydrazine groups is 1. The number of para-hydroxylation sites is 1. The van der Waals surface area contributed by atoms with Gasteiger partial charge in [-0.3, -0.25) is 9.59 Å². The highest BCUT2D eigenvalue weighted by Crippen LogP contribution is 2.48. The Morgan fingerprint density at radius 1 is 0.556 bits per heavy atom. The normalized spacial score (nSPS) is 15.3. The van der Waals surface area contributed by atoms with E-state index in [0.717, 1.165) is 51.8 Å². The van der Waals surface area contributed by atoms with E-state index in [1.54, 1.807) is 10.0 Å². The first-order valence-corrected chi connectivity index (χ1v) is 18.5. The zero-order chi connectivity index (χ0) is 36.5. The third-order valence-corrected chi connectivity index (χ3v) is 11.1. The van der Waals surface area contributed by atoms with E-state index in [4.69, 9.17) is 10.3 Å². The fourth-order valence-electron chi connectivity index (χ4n) is 8.49. The SMILES string of the molecule is O=C1N(Cc2ccc(-c3ccccc3-c3nnnn3C(c3ccccc3)(c3ccccc3)c3ccccc3)cc2)N(c2ccccc2)C(=O)C12CCCC2. The first-order valence-electron chi connectivity index (χ1n) is 18.5. The summed E-state index contributed by atoms with van der Waals surface area (Å²) in [6, 6.07) is 57.0. The molecule has 1 aliphatic heterocycles. The molecule has 9 rings (SSSR count). The van der Waals surface area contributed by atoms with Gasteiger partial charge in [0.15, 0.2) is 5.82 Å². The van der Waals surface area contributed by atoms with Gasteiger partial charge < -0.3 is 0 Å². The van der Waals surface area contributed by atoms with Gasteiger partial charge in [-0.15, -0.1) is 5.10 Å². The molecule has 0 unspecified atom stereocenters. The fraction of sp³-hybridized carbons (Fsp3) is 0.152. The maximum Gasteiger partial charge on any atom is 0.261 e. The van der Waals surface area contributed by atoms with Gasteiger partial charge in [0.1, 0.15) is 11.0 Å². The quantitative estimate of drug-likeness (QED) is 0.111. The third-order valence-electron chi connectivity index (χ3n) is 11.1. The monoisotopic (exact) mass is 706 g/mol. The molecule has 1 spiro atoms. The van der Waals surface area contributed by atoms with E-state index in [1.807, 2.05) is 114 Å². The molecule has 6 aromatic carbocycles. The van der Waals surface area contributed by atoms with Crippen LogP contribution in [0.3, 0.4) is 0 Å². The smallest absolute Gasteiger partial charge is 0.261 e. The highest BCUT2D eigenvalue weighted by Gasteiger charge is 2.59. The number of nitrogens with zero attached hydrogens (tertiary/aromatic N) is 6. The number of benzene rings is 6. The van der Waals surface area contributed by atoms with Crippen LogP contribution in [0.4, 0.5) is 5.69 Å². The molecule has 0 N–H and O–H groups in total. The zero-order valence-corrected chi connectivity index (χ0v) is 29.7. The van der Waals surface area contributed by atoms with Crippen LogP contribution in [0.25, 0.3) is 22.5 Å². The third kappa shape index (κ3) is 5.33. The van der Waals surface area contributed by atoms with Gasteiger partial charge in [-0.25, -0.2) is 14.7 Å². The Morgan fingerprint density at radius 2 is 1.06 bits per heavy atom. The van der Waals surface area contributed by atoms with E-state index in [-0.39, 0.29) is 18.4 Å². The largest absolute Gasteiger partial charge is 0.272 e. The van der Waals surface area contributed by atoms with Crippen molar-refractivity contribution >= 4 is 17.5 Å². The van der Waals surface area contributed by atoms with Crippen molar-refractivity contribution in [2.75, 3.05) is 5.01 Å². The van der Waals surface area contributed by atoms with Crippen molar-refractivity contribution in [2.24, 2.45) is 5.41 Å². The Labute approximate surface area is 314 Å². The number of hydrogen-bond donors (Lipinski definition) is 0. The van der Waals surface area contributed by atoms with Gasteiger partial charge in [-0.2, -0.15) is 0 Å². The fourth-order valence-corrected chi connectivity index (χ4v) is 8.49. The maximum atomic E-state index is 14.1. The second-order valence-corrected chi connectivity index (χ2v) is 14.1. The number of aromatic nitrogens is 4. The van der Waals surface area contributed by atoms with Crippen molar-refractivity contribution in [1.82, 2.24) is 25.2 Å². The molecule has 7 aromatic rings. The number of anilines is 1. The van der Waals surface area contributed by atoms with Gasteiger partial charge in [0.2, 0.25) is 0 Å². The molecule has 1 saturated carbocycles. The van der Waals surface area contributed by atoms with Crippen LogP contribution in [0, 0.1) is 5.41 Å². The van der Waals surface area contributed by atoms with E-state index in [0.29, 0.717) is 24.4 Å². The van der Waals surface area contributed by atoms with Crippen molar-refractivity contribution in [3.8, 4) is 22.5 Å². The molecule has 0 atom stereocenters. The summed E-state index contributed by atoms with van der Waals surface area (Å²) in [7, 11) is 0. The minimum atomic E-state index is -0.965. The van der Waals surface area contributed by atoms with Crippen LogP contribution >= 0.6 is 0 Å². The van der Waals surface area contributed by atoms with Crippen LogP contribution in [-0.2, 0) is 21.7 Å². The zero-order valence-electron chi connectivity index (χ0n) is 29.7. The molecule has 1 saturated heterocycles. The van der Waals surface area contributed by atoms with Crippen LogP contribution < -0.4 is 5.01 Å². The predicted octanol–water partition coefficient (Wildman–Crippen LogP) is 8.70. The molecular weight excluding hydrogens is 669 g/mol. The second kappa shape index (κ2) is 13.7. The van der Waals surface area contributed by atoms with Gasteiger partial charge in [-0.05, 0) is 68.8 Å². The van der Waals surface area contributed by atoms with Crippen molar-refractivity contribution in [3.63, 3.8) is 0 Å². The average Bonchev–Trinajstić information content (AvgIpc) is 3.98. The van der Waals surface area contributed by atoms with Crippen molar-refractivity contribution in [1.29, 1.82) is 0 Å². The van der Waals surface area contributed by atoms with Crippen LogP contribution in [0.15, 0.2) is 170 Å². The van der Waals surface area contributed by atoms with Crippen molar-refractivity contribution < 1.29 is 9.59 Å². The summed E-state index contributed by atoms with van der Waals surface area (Å²) >= 11 is 0. The molecule has 8 nitrogen and oxygen atoms in total. The lowest BCUT2D eigenvalue weighted by Gasteiger charge is -2.36.